The Bertz CT molecular complexity index is 457. The summed E-state index contributed by atoms with van der Waals surface area (Å²) in [5.41, 5.74) is 0.0997. The number of amides is 1. The molecule has 1 aromatic carbocycles. The van der Waals surface area contributed by atoms with E-state index < -0.39 is 11.7 Å². The number of hydrogen-bond donors (Lipinski definition) is 2. The quantitative estimate of drug-likeness (QED) is 0.848. The smallest absolute Gasteiger partial charge is 0.353 e. The lowest BCUT2D eigenvalue weighted by Crippen LogP contribution is -2.40. The summed E-state index contributed by atoms with van der Waals surface area (Å²) < 4.78 is 37.4. The van der Waals surface area contributed by atoms with Crippen molar-refractivity contribution in [2.75, 3.05) is 13.6 Å². The van der Waals surface area contributed by atoms with Gasteiger partial charge in [-0.15, -0.1) is 0 Å². The maximum absolute atomic E-state index is 12.5. The molecular weight excluding hydrogens is 281 g/mol. The van der Waals surface area contributed by atoms with Gasteiger partial charge in [0.25, 0.3) is 0 Å². The van der Waals surface area contributed by atoms with Gasteiger partial charge in [-0.05, 0) is 38.1 Å². The van der Waals surface area contributed by atoms with E-state index in [0.29, 0.717) is 13.0 Å². The number of alkyl halides is 3. The Balaban J connectivity index is 2.55. The summed E-state index contributed by atoms with van der Waals surface area (Å²) in [6, 6.07) is 4.89. The molecule has 0 heterocycles. The maximum atomic E-state index is 12.5. The van der Waals surface area contributed by atoms with Crippen LogP contribution >= 0.6 is 0 Å². The van der Waals surface area contributed by atoms with E-state index in [-0.39, 0.29) is 17.9 Å². The van der Waals surface area contributed by atoms with E-state index >= 15 is 0 Å². The molecule has 0 aliphatic heterocycles. The molecule has 0 radical (unpaired) electrons. The zero-order valence-corrected chi connectivity index (χ0v) is 12.4. The summed E-state index contributed by atoms with van der Waals surface area (Å²) >= 11 is 0. The summed E-state index contributed by atoms with van der Waals surface area (Å²) in [5.74, 6) is -0.214. The molecule has 6 heteroatoms. The van der Waals surface area contributed by atoms with Gasteiger partial charge >= 0.3 is 6.18 Å². The van der Waals surface area contributed by atoms with Crippen LogP contribution in [0, 0.1) is 5.92 Å². The van der Waals surface area contributed by atoms with Crippen LogP contribution in [0.5, 0.6) is 0 Å². The average Bonchev–Trinajstić information content (AvgIpc) is 2.38. The fourth-order valence-electron chi connectivity index (χ4n) is 2.02. The Morgan fingerprint density at radius 3 is 2.24 bits per heavy atom. The molecule has 2 unspecified atom stereocenters. The second kappa shape index (κ2) is 7.45. The van der Waals surface area contributed by atoms with E-state index in [1.54, 1.807) is 7.05 Å². The molecule has 1 aromatic rings. The lowest BCUT2D eigenvalue weighted by Gasteiger charge is -2.18. The van der Waals surface area contributed by atoms with Crippen LogP contribution in [0.15, 0.2) is 24.3 Å². The van der Waals surface area contributed by atoms with E-state index in [9.17, 15) is 18.0 Å². The van der Waals surface area contributed by atoms with Crippen molar-refractivity contribution in [3.8, 4) is 0 Å². The Kier molecular flexibility index (Phi) is 6.20. The Hall–Kier alpha value is -1.56. The molecule has 2 N–H and O–H groups in total. The lowest BCUT2D eigenvalue weighted by molar-refractivity contribution is -0.137. The molecule has 21 heavy (non-hydrogen) atoms. The molecule has 0 aliphatic rings. The van der Waals surface area contributed by atoms with Gasteiger partial charge in [0.15, 0.2) is 0 Å². The van der Waals surface area contributed by atoms with Crippen LogP contribution in [-0.4, -0.2) is 25.5 Å². The van der Waals surface area contributed by atoms with Gasteiger partial charge in [0.1, 0.15) is 0 Å². The van der Waals surface area contributed by atoms with Crippen molar-refractivity contribution in [2.45, 2.75) is 32.5 Å². The molecule has 0 fully saturated rings. The molecule has 0 saturated carbocycles. The van der Waals surface area contributed by atoms with Crippen molar-refractivity contribution in [1.82, 2.24) is 10.6 Å². The zero-order chi connectivity index (χ0) is 16.0. The highest BCUT2D eigenvalue weighted by Crippen LogP contribution is 2.29. The Morgan fingerprint density at radius 1 is 1.19 bits per heavy atom. The highest BCUT2D eigenvalue weighted by atomic mass is 19.4. The molecule has 1 amide bonds. The minimum atomic E-state index is -4.32. The van der Waals surface area contributed by atoms with E-state index in [1.165, 1.54) is 12.1 Å². The van der Waals surface area contributed by atoms with E-state index in [1.807, 2.05) is 13.8 Å². The largest absolute Gasteiger partial charge is 0.416 e. The van der Waals surface area contributed by atoms with Crippen LogP contribution in [0.3, 0.4) is 0 Å². The van der Waals surface area contributed by atoms with Gasteiger partial charge in [0.05, 0.1) is 5.56 Å². The first-order valence-electron chi connectivity index (χ1n) is 6.85. The molecule has 118 valence electrons. The number of hydrogen-bond acceptors (Lipinski definition) is 2. The summed E-state index contributed by atoms with van der Waals surface area (Å²) in [6.45, 7) is 4.23. The maximum Gasteiger partial charge on any atom is 0.416 e. The Morgan fingerprint density at radius 2 is 1.76 bits per heavy atom. The first kappa shape index (κ1) is 17.5. The molecule has 0 bridgehead atoms. The van der Waals surface area contributed by atoms with Gasteiger partial charge in [0.2, 0.25) is 5.91 Å². The number of carbonyl (C=O) groups is 1. The van der Waals surface area contributed by atoms with E-state index in [4.69, 9.17) is 0 Å². The number of rotatable bonds is 6. The van der Waals surface area contributed by atoms with Crippen molar-refractivity contribution in [3.63, 3.8) is 0 Å². The fraction of sp³-hybridized carbons (Fsp3) is 0.533. The van der Waals surface area contributed by atoms with Gasteiger partial charge in [-0.1, -0.05) is 19.1 Å². The summed E-state index contributed by atoms with van der Waals surface area (Å²) in [4.78, 5) is 11.8. The predicted molar refractivity (Wildman–Crippen MR) is 75.8 cm³/mol. The van der Waals surface area contributed by atoms with Crippen LogP contribution in [0.4, 0.5) is 13.2 Å². The third kappa shape index (κ3) is 5.75. The number of nitrogens with one attached hydrogen (secondary N) is 2. The second-order valence-electron chi connectivity index (χ2n) is 5.27. The van der Waals surface area contributed by atoms with Crippen LogP contribution in [0.1, 0.15) is 25.0 Å². The molecule has 1 rings (SSSR count). The highest BCUT2D eigenvalue weighted by Gasteiger charge is 2.29. The third-order valence-corrected chi connectivity index (χ3v) is 3.17. The van der Waals surface area contributed by atoms with Gasteiger partial charge in [-0.25, -0.2) is 0 Å². The molecule has 0 aromatic heterocycles. The molecule has 0 saturated heterocycles. The fourth-order valence-corrected chi connectivity index (χ4v) is 2.02. The minimum absolute atomic E-state index is 0.0660. The normalized spacial score (nSPS) is 14.6. The summed E-state index contributed by atoms with van der Waals surface area (Å²) in [5, 5.41) is 5.78. The Labute approximate surface area is 122 Å². The third-order valence-electron chi connectivity index (χ3n) is 3.17. The van der Waals surface area contributed by atoms with E-state index in [0.717, 1.165) is 17.7 Å². The van der Waals surface area contributed by atoms with Gasteiger partial charge in [-0.2, -0.15) is 13.2 Å². The average molecular weight is 302 g/mol. The van der Waals surface area contributed by atoms with Crippen molar-refractivity contribution in [2.24, 2.45) is 5.92 Å². The topological polar surface area (TPSA) is 41.1 Å². The van der Waals surface area contributed by atoms with Gasteiger partial charge < -0.3 is 10.6 Å². The van der Waals surface area contributed by atoms with Crippen molar-refractivity contribution < 1.29 is 18.0 Å². The van der Waals surface area contributed by atoms with Crippen LogP contribution in [0.2, 0.25) is 0 Å². The molecular formula is C15H21F3N2O. The van der Waals surface area contributed by atoms with Crippen LogP contribution in [0.25, 0.3) is 0 Å². The molecule has 3 nitrogen and oxygen atoms in total. The van der Waals surface area contributed by atoms with Crippen LogP contribution < -0.4 is 10.6 Å². The first-order valence-corrected chi connectivity index (χ1v) is 6.85. The van der Waals surface area contributed by atoms with Crippen molar-refractivity contribution in [3.05, 3.63) is 35.4 Å². The first-order chi connectivity index (χ1) is 9.74. The standard InChI is InChI=1S/C15H21F3N2O/c1-10(9-19-3)14(21)20-11(2)8-12-4-6-13(7-5-12)15(16,17)18/h4-7,10-11,19H,8-9H2,1-3H3,(H,20,21). The molecule has 0 aliphatic carbocycles. The van der Waals surface area contributed by atoms with E-state index in [2.05, 4.69) is 10.6 Å². The molecule has 2 atom stereocenters. The van der Waals surface area contributed by atoms with Crippen molar-refractivity contribution in [1.29, 1.82) is 0 Å². The number of halogens is 3. The monoisotopic (exact) mass is 302 g/mol. The number of benzene rings is 1. The summed E-state index contributed by atoms with van der Waals surface area (Å²) in [7, 11) is 1.77. The zero-order valence-electron chi connectivity index (χ0n) is 12.4. The van der Waals surface area contributed by atoms with Crippen LogP contribution in [-0.2, 0) is 17.4 Å². The minimum Gasteiger partial charge on any atom is -0.353 e. The summed E-state index contributed by atoms with van der Waals surface area (Å²) in [6.07, 6.45) is -3.82. The van der Waals surface area contributed by atoms with Gasteiger partial charge in [0, 0.05) is 18.5 Å². The predicted octanol–water partition coefficient (Wildman–Crippen LogP) is 2.61. The number of carbonyl (C=O) groups excluding carboxylic acids is 1. The van der Waals surface area contributed by atoms with Gasteiger partial charge in [-0.3, -0.25) is 4.79 Å². The second-order valence-corrected chi connectivity index (χ2v) is 5.27. The SMILES string of the molecule is CNCC(C)C(=O)NC(C)Cc1ccc(C(F)(F)F)cc1. The van der Waals surface area contributed by atoms with Crippen molar-refractivity contribution >= 4 is 5.91 Å². The highest BCUT2D eigenvalue weighted by molar-refractivity contribution is 5.78. The lowest BCUT2D eigenvalue weighted by atomic mass is 10.0. The molecule has 0 spiro atoms.